The summed E-state index contributed by atoms with van der Waals surface area (Å²) in [4.78, 5) is 38.1. The van der Waals surface area contributed by atoms with Crippen LogP contribution in [-0.4, -0.2) is 43.1 Å². The van der Waals surface area contributed by atoms with Crippen molar-refractivity contribution in [2.24, 2.45) is 17.3 Å². The highest BCUT2D eigenvalue weighted by Gasteiger charge is 2.63. The van der Waals surface area contributed by atoms with Crippen molar-refractivity contribution in [3.63, 3.8) is 0 Å². The lowest BCUT2D eigenvalue weighted by Crippen LogP contribution is -2.61. The number of rotatable bonds is 10. The molecular formula is C23H36O6. The summed E-state index contributed by atoms with van der Waals surface area (Å²) in [5.41, 5.74) is -1.75. The second kappa shape index (κ2) is 9.59. The van der Waals surface area contributed by atoms with Gasteiger partial charge in [-0.1, -0.05) is 26.7 Å². The molecule has 0 aromatic carbocycles. The molecule has 0 amide bonds. The summed E-state index contributed by atoms with van der Waals surface area (Å²) < 4.78 is 17.2. The van der Waals surface area contributed by atoms with Gasteiger partial charge in [0.05, 0.1) is 6.61 Å². The van der Waals surface area contributed by atoms with Crippen LogP contribution in [0.1, 0.15) is 84.5 Å². The van der Waals surface area contributed by atoms with Crippen LogP contribution in [-0.2, 0) is 28.6 Å². The second-order valence-corrected chi connectivity index (χ2v) is 9.22. The largest absolute Gasteiger partial charge is 0.464 e. The lowest BCUT2D eigenvalue weighted by Gasteiger charge is -2.49. The zero-order chi connectivity index (χ0) is 20.9. The van der Waals surface area contributed by atoms with E-state index in [0.29, 0.717) is 31.8 Å². The van der Waals surface area contributed by atoms with Gasteiger partial charge in [0, 0.05) is 12.8 Å². The van der Waals surface area contributed by atoms with Crippen molar-refractivity contribution >= 4 is 17.7 Å². The van der Waals surface area contributed by atoms with Gasteiger partial charge >= 0.3 is 11.9 Å². The fraction of sp³-hybridized carbons (Fsp3) is 0.870. The first kappa shape index (κ1) is 22.3. The number of hydrogen-bond donors (Lipinski definition) is 0. The Kier molecular flexibility index (Phi) is 7.36. The third-order valence-electron chi connectivity index (χ3n) is 7.08. The smallest absolute Gasteiger partial charge is 0.305 e. The lowest BCUT2D eigenvalue weighted by molar-refractivity contribution is -0.181. The minimum Gasteiger partial charge on any atom is -0.464 e. The van der Waals surface area contributed by atoms with Gasteiger partial charge in [-0.15, -0.1) is 0 Å². The standard InChI is InChI=1S/C23H36O6/c1-3-5-7-19(24)27-15-22(16-28-20(25)8-6-4-2)12-11-18-10-9-17-13-23(18,21(22)26)29-14-17/h17-18H,3-16H2,1-2H3. The van der Waals surface area contributed by atoms with E-state index in [1.54, 1.807) is 0 Å². The van der Waals surface area contributed by atoms with Gasteiger partial charge in [-0.3, -0.25) is 14.4 Å². The fourth-order valence-corrected chi connectivity index (χ4v) is 5.23. The minimum absolute atomic E-state index is 0.00460. The third-order valence-corrected chi connectivity index (χ3v) is 7.08. The number of esters is 2. The molecule has 3 fully saturated rings. The Balaban J connectivity index is 1.74. The van der Waals surface area contributed by atoms with Crippen molar-refractivity contribution in [1.82, 2.24) is 0 Å². The van der Waals surface area contributed by atoms with Gasteiger partial charge in [0.15, 0.2) is 5.78 Å². The molecule has 2 saturated carbocycles. The molecule has 1 saturated heterocycles. The van der Waals surface area contributed by atoms with Crippen LogP contribution in [0, 0.1) is 17.3 Å². The summed E-state index contributed by atoms with van der Waals surface area (Å²) in [6.07, 6.45) is 8.36. The van der Waals surface area contributed by atoms with Gasteiger partial charge in [-0.25, -0.2) is 0 Å². The summed E-state index contributed by atoms with van der Waals surface area (Å²) in [5.74, 6) is 0.0864. The molecule has 3 aliphatic rings. The van der Waals surface area contributed by atoms with Crippen molar-refractivity contribution in [2.45, 2.75) is 90.1 Å². The Morgan fingerprint density at radius 3 is 2.21 bits per heavy atom. The summed E-state index contributed by atoms with van der Waals surface area (Å²) in [7, 11) is 0. The van der Waals surface area contributed by atoms with Crippen molar-refractivity contribution < 1.29 is 28.6 Å². The molecule has 1 heterocycles. The van der Waals surface area contributed by atoms with Crippen LogP contribution in [0.4, 0.5) is 0 Å². The molecular weight excluding hydrogens is 372 g/mol. The van der Waals surface area contributed by atoms with Crippen LogP contribution < -0.4 is 0 Å². The summed E-state index contributed by atoms with van der Waals surface area (Å²) in [5, 5.41) is 0. The van der Waals surface area contributed by atoms with Crippen LogP contribution in [0.15, 0.2) is 0 Å². The average molecular weight is 409 g/mol. The van der Waals surface area contributed by atoms with Crippen LogP contribution in [0.2, 0.25) is 0 Å². The summed E-state index contributed by atoms with van der Waals surface area (Å²) >= 11 is 0. The number of hydrogen-bond acceptors (Lipinski definition) is 6. The predicted octanol–water partition coefficient (Wildman–Crippen LogP) is 3.99. The Hall–Kier alpha value is -1.43. The van der Waals surface area contributed by atoms with Crippen LogP contribution in [0.25, 0.3) is 0 Å². The zero-order valence-corrected chi connectivity index (χ0v) is 18.0. The van der Waals surface area contributed by atoms with E-state index in [1.807, 2.05) is 13.8 Å². The number of ether oxygens (including phenoxy) is 3. The molecule has 0 N–H and O–H groups in total. The van der Waals surface area contributed by atoms with E-state index in [9.17, 15) is 14.4 Å². The molecule has 3 unspecified atom stereocenters. The number of carbonyl (C=O) groups is 3. The van der Waals surface area contributed by atoms with Gasteiger partial charge in [0.2, 0.25) is 0 Å². The number of ketones is 1. The van der Waals surface area contributed by atoms with E-state index in [1.165, 1.54) is 0 Å². The third kappa shape index (κ3) is 4.68. The first-order chi connectivity index (χ1) is 14.0. The summed E-state index contributed by atoms with van der Waals surface area (Å²) in [6.45, 7) is 4.64. The van der Waals surface area contributed by atoms with Crippen molar-refractivity contribution in [1.29, 1.82) is 0 Å². The van der Waals surface area contributed by atoms with Crippen molar-refractivity contribution in [2.75, 3.05) is 19.8 Å². The lowest BCUT2D eigenvalue weighted by atomic mass is 9.57. The number of fused-ring (bicyclic) bond motifs is 1. The fourth-order valence-electron chi connectivity index (χ4n) is 5.23. The SMILES string of the molecule is CCCCC(=O)OCC1(COC(=O)CCCC)CCC2CCC3COC2(C3)C1=O. The Morgan fingerprint density at radius 1 is 1.00 bits per heavy atom. The quantitative estimate of drug-likeness (QED) is 0.509. The van der Waals surface area contributed by atoms with E-state index >= 15 is 0 Å². The van der Waals surface area contributed by atoms with Crippen LogP contribution in [0.5, 0.6) is 0 Å². The molecule has 2 bridgehead atoms. The van der Waals surface area contributed by atoms with Gasteiger partial charge in [0.1, 0.15) is 24.2 Å². The maximum Gasteiger partial charge on any atom is 0.305 e. The second-order valence-electron chi connectivity index (χ2n) is 9.22. The maximum absolute atomic E-state index is 13.8. The molecule has 29 heavy (non-hydrogen) atoms. The number of unbranched alkanes of at least 4 members (excludes halogenated alkanes) is 2. The highest BCUT2D eigenvalue weighted by Crippen LogP contribution is 2.55. The molecule has 0 aromatic heterocycles. The number of carbonyl (C=O) groups excluding carboxylic acids is 3. The first-order valence-electron chi connectivity index (χ1n) is 11.5. The van der Waals surface area contributed by atoms with Crippen molar-refractivity contribution in [3.05, 3.63) is 0 Å². The molecule has 2 aliphatic carbocycles. The molecule has 6 nitrogen and oxygen atoms in total. The van der Waals surface area contributed by atoms with Crippen LogP contribution >= 0.6 is 0 Å². The van der Waals surface area contributed by atoms with Gasteiger partial charge in [-0.2, -0.15) is 0 Å². The maximum atomic E-state index is 13.8. The Labute approximate surface area is 174 Å². The number of Topliss-reactive ketones (excluding diaryl/α,β-unsaturated/α-hetero) is 1. The highest BCUT2D eigenvalue weighted by molar-refractivity contribution is 5.95. The van der Waals surface area contributed by atoms with Gasteiger partial charge in [-0.05, 0) is 56.8 Å². The van der Waals surface area contributed by atoms with E-state index in [0.717, 1.165) is 51.4 Å². The minimum atomic E-state index is -0.980. The molecule has 1 spiro atoms. The Bertz CT molecular complexity index is 590. The zero-order valence-electron chi connectivity index (χ0n) is 18.0. The predicted molar refractivity (Wildman–Crippen MR) is 107 cm³/mol. The molecule has 3 rings (SSSR count). The molecule has 3 atom stereocenters. The first-order valence-corrected chi connectivity index (χ1v) is 11.5. The van der Waals surface area contributed by atoms with Gasteiger partial charge in [0.25, 0.3) is 0 Å². The van der Waals surface area contributed by atoms with E-state index in [2.05, 4.69) is 0 Å². The summed E-state index contributed by atoms with van der Waals surface area (Å²) in [6, 6.07) is 0. The normalized spacial score (nSPS) is 29.9. The monoisotopic (exact) mass is 408 g/mol. The molecule has 164 valence electrons. The van der Waals surface area contributed by atoms with E-state index in [4.69, 9.17) is 14.2 Å². The van der Waals surface area contributed by atoms with Crippen molar-refractivity contribution in [3.8, 4) is 0 Å². The molecule has 1 aliphatic heterocycles. The van der Waals surface area contributed by atoms with Crippen LogP contribution in [0.3, 0.4) is 0 Å². The average Bonchev–Trinajstić information content (AvgIpc) is 3.07. The Morgan fingerprint density at radius 2 is 1.62 bits per heavy atom. The topological polar surface area (TPSA) is 78.9 Å². The molecule has 0 aromatic rings. The van der Waals surface area contributed by atoms with Gasteiger partial charge < -0.3 is 14.2 Å². The highest BCUT2D eigenvalue weighted by atomic mass is 16.6. The molecule has 6 heteroatoms. The molecule has 0 radical (unpaired) electrons. The van der Waals surface area contributed by atoms with E-state index in [-0.39, 0.29) is 36.9 Å². The van der Waals surface area contributed by atoms with E-state index < -0.39 is 11.0 Å².